The summed E-state index contributed by atoms with van der Waals surface area (Å²) in [5, 5.41) is 0.729. The molecule has 0 bridgehead atoms. The number of hydrogen-bond donors (Lipinski definition) is 1. The van der Waals surface area contributed by atoms with Crippen molar-refractivity contribution in [2.45, 2.75) is 72.0 Å². The molecule has 1 aliphatic carbocycles. The third-order valence-electron chi connectivity index (χ3n) is 5.92. The van der Waals surface area contributed by atoms with Gasteiger partial charge >= 0.3 is 0 Å². The van der Waals surface area contributed by atoms with Gasteiger partial charge in [0.05, 0.1) is 11.9 Å². The molecule has 0 atom stereocenters. The number of thiophene rings is 1. The van der Waals surface area contributed by atoms with Gasteiger partial charge in [-0.05, 0) is 46.1 Å². The lowest BCUT2D eigenvalue weighted by atomic mass is 10.0. The summed E-state index contributed by atoms with van der Waals surface area (Å²) in [5.41, 5.74) is 3.31. The number of hydrogen-bond acceptors (Lipinski definition) is 4. The van der Waals surface area contributed by atoms with Gasteiger partial charge in [0.15, 0.2) is 0 Å². The Morgan fingerprint density at radius 1 is 1.18 bits per heavy atom. The molecule has 148 valence electrons. The maximum Gasteiger partial charge on any atom is 0.260 e. The zero-order chi connectivity index (χ0) is 19.8. The Morgan fingerprint density at radius 2 is 1.86 bits per heavy atom. The van der Waals surface area contributed by atoms with E-state index < -0.39 is 0 Å². The molecule has 2 aromatic heterocycles. The van der Waals surface area contributed by atoms with Gasteiger partial charge in [0.25, 0.3) is 5.56 Å². The van der Waals surface area contributed by atoms with E-state index in [2.05, 4.69) is 61.8 Å². The van der Waals surface area contributed by atoms with E-state index in [4.69, 9.17) is 4.98 Å². The number of aromatic amines is 1. The highest BCUT2D eigenvalue weighted by atomic mass is 32.1. The quantitative estimate of drug-likeness (QED) is 0.627. The molecule has 0 saturated heterocycles. The fourth-order valence-corrected chi connectivity index (χ4v) is 5.51. The second-order valence-electron chi connectivity index (χ2n) is 8.30. The van der Waals surface area contributed by atoms with Crippen molar-refractivity contribution in [1.29, 1.82) is 0 Å². The van der Waals surface area contributed by atoms with Crippen molar-refractivity contribution in [3.8, 4) is 11.1 Å². The smallest absolute Gasteiger partial charge is 0.260 e. The van der Waals surface area contributed by atoms with Crippen molar-refractivity contribution in [3.05, 3.63) is 50.9 Å². The SMILES string of the molecule is Cc1ccc(-c2c(C)sc3nc(CN(C(C)C)C4CCCC4)[nH]c(=O)c23)cc1. The first-order valence-electron chi connectivity index (χ1n) is 10.3. The number of aromatic nitrogens is 2. The molecule has 1 saturated carbocycles. The number of H-pyrrole nitrogens is 1. The molecule has 0 unspecified atom stereocenters. The first-order chi connectivity index (χ1) is 13.4. The lowest BCUT2D eigenvalue weighted by Crippen LogP contribution is -2.39. The van der Waals surface area contributed by atoms with Crippen molar-refractivity contribution in [1.82, 2.24) is 14.9 Å². The summed E-state index contributed by atoms with van der Waals surface area (Å²) in [7, 11) is 0. The van der Waals surface area contributed by atoms with Crippen LogP contribution in [0, 0.1) is 13.8 Å². The summed E-state index contributed by atoms with van der Waals surface area (Å²) in [6.45, 7) is 9.34. The molecule has 3 aromatic rings. The number of rotatable bonds is 5. The van der Waals surface area contributed by atoms with Crippen molar-refractivity contribution in [2.24, 2.45) is 0 Å². The number of aryl methyl sites for hydroxylation is 2. The molecule has 1 fully saturated rings. The molecular formula is C23H29N3OS. The Morgan fingerprint density at radius 3 is 2.50 bits per heavy atom. The first-order valence-corrected chi connectivity index (χ1v) is 11.1. The van der Waals surface area contributed by atoms with E-state index in [0.717, 1.165) is 32.0 Å². The standard InChI is InChI=1S/C23H29N3OS/c1-14(2)26(18-7-5-6-8-18)13-19-24-22(27)21-20(16(4)28-23(21)25-19)17-11-9-15(3)10-12-17/h9-12,14,18H,5-8,13H2,1-4H3,(H,24,25,27). The molecule has 28 heavy (non-hydrogen) atoms. The topological polar surface area (TPSA) is 49.0 Å². The van der Waals surface area contributed by atoms with Crippen LogP contribution >= 0.6 is 11.3 Å². The summed E-state index contributed by atoms with van der Waals surface area (Å²) in [6.07, 6.45) is 5.11. The van der Waals surface area contributed by atoms with Gasteiger partial charge in [0.1, 0.15) is 10.7 Å². The van der Waals surface area contributed by atoms with E-state index in [0.29, 0.717) is 18.6 Å². The Labute approximate surface area is 170 Å². The molecule has 1 aliphatic rings. The Kier molecular flexibility index (Phi) is 5.39. The minimum atomic E-state index is -0.0185. The molecule has 4 rings (SSSR count). The van der Waals surface area contributed by atoms with E-state index in [9.17, 15) is 4.79 Å². The van der Waals surface area contributed by atoms with Crippen LogP contribution in [0.2, 0.25) is 0 Å². The van der Waals surface area contributed by atoms with Crippen LogP contribution in [-0.2, 0) is 6.54 Å². The second-order valence-corrected chi connectivity index (χ2v) is 9.50. The van der Waals surface area contributed by atoms with E-state index in [1.165, 1.54) is 31.2 Å². The summed E-state index contributed by atoms with van der Waals surface area (Å²) >= 11 is 1.62. The van der Waals surface area contributed by atoms with Crippen molar-refractivity contribution < 1.29 is 0 Å². The van der Waals surface area contributed by atoms with E-state index in [1.54, 1.807) is 11.3 Å². The molecule has 0 spiro atoms. The summed E-state index contributed by atoms with van der Waals surface area (Å²) < 4.78 is 0. The molecule has 1 aromatic carbocycles. The highest BCUT2D eigenvalue weighted by molar-refractivity contribution is 7.19. The zero-order valence-electron chi connectivity index (χ0n) is 17.2. The van der Waals surface area contributed by atoms with Gasteiger partial charge in [-0.25, -0.2) is 4.98 Å². The predicted molar refractivity (Wildman–Crippen MR) is 118 cm³/mol. The average molecular weight is 396 g/mol. The van der Waals surface area contributed by atoms with Crippen LogP contribution < -0.4 is 5.56 Å². The molecule has 5 heteroatoms. The van der Waals surface area contributed by atoms with E-state index in [-0.39, 0.29) is 5.56 Å². The lowest BCUT2D eigenvalue weighted by molar-refractivity contribution is 0.142. The van der Waals surface area contributed by atoms with Crippen molar-refractivity contribution in [2.75, 3.05) is 0 Å². The van der Waals surface area contributed by atoms with Crippen LogP contribution in [-0.4, -0.2) is 27.0 Å². The van der Waals surface area contributed by atoms with E-state index in [1.807, 2.05) is 0 Å². The minimum absolute atomic E-state index is 0.0185. The molecule has 1 N–H and O–H groups in total. The molecule has 0 radical (unpaired) electrons. The van der Waals surface area contributed by atoms with Gasteiger partial charge in [-0.3, -0.25) is 9.69 Å². The largest absolute Gasteiger partial charge is 0.309 e. The van der Waals surface area contributed by atoms with Crippen LogP contribution in [0.5, 0.6) is 0 Å². The average Bonchev–Trinajstić information content (AvgIpc) is 3.28. The summed E-state index contributed by atoms with van der Waals surface area (Å²) in [6, 6.07) is 9.42. The van der Waals surface area contributed by atoms with Gasteiger partial charge in [-0.1, -0.05) is 42.7 Å². The van der Waals surface area contributed by atoms with Gasteiger partial charge in [0.2, 0.25) is 0 Å². The van der Waals surface area contributed by atoms with Crippen LogP contribution in [0.4, 0.5) is 0 Å². The first kappa shape index (κ1) is 19.3. The highest BCUT2D eigenvalue weighted by Crippen LogP contribution is 2.35. The molecule has 2 heterocycles. The van der Waals surface area contributed by atoms with Crippen molar-refractivity contribution >= 4 is 21.6 Å². The Hall–Kier alpha value is -1.98. The minimum Gasteiger partial charge on any atom is -0.309 e. The zero-order valence-corrected chi connectivity index (χ0v) is 18.0. The van der Waals surface area contributed by atoms with Crippen LogP contribution in [0.1, 0.15) is 55.8 Å². The van der Waals surface area contributed by atoms with Gasteiger partial charge in [-0.2, -0.15) is 0 Å². The summed E-state index contributed by atoms with van der Waals surface area (Å²) in [4.78, 5) is 25.5. The maximum absolute atomic E-state index is 13.0. The normalized spacial score (nSPS) is 15.4. The Balaban J connectivity index is 1.73. The lowest BCUT2D eigenvalue weighted by Gasteiger charge is -2.32. The van der Waals surface area contributed by atoms with Crippen molar-refractivity contribution in [3.63, 3.8) is 0 Å². The van der Waals surface area contributed by atoms with E-state index >= 15 is 0 Å². The molecule has 0 aliphatic heterocycles. The van der Waals surface area contributed by atoms with Crippen LogP contribution in [0.3, 0.4) is 0 Å². The molecule has 4 nitrogen and oxygen atoms in total. The number of nitrogens with zero attached hydrogens (tertiary/aromatic N) is 2. The van der Waals surface area contributed by atoms with Crippen LogP contribution in [0.15, 0.2) is 29.1 Å². The molecule has 0 amide bonds. The predicted octanol–water partition coefficient (Wildman–Crippen LogP) is 5.42. The maximum atomic E-state index is 13.0. The summed E-state index contributed by atoms with van der Waals surface area (Å²) in [5.74, 6) is 0.787. The number of fused-ring (bicyclic) bond motifs is 1. The fraction of sp³-hybridized carbons (Fsp3) is 0.478. The fourth-order valence-electron chi connectivity index (χ4n) is 4.45. The second kappa shape index (κ2) is 7.80. The number of benzene rings is 1. The van der Waals surface area contributed by atoms with Gasteiger partial charge in [-0.15, -0.1) is 11.3 Å². The highest BCUT2D eigenvalue weighted by Gasteiger charge is 2.26. The number of nitrogens with one attached hydrogen (secondary N) is 1. The Bertz CT molecular complexity index is 1030. The van der Waals surface area contributed by atoms with Gasteiger partial charge < -0.3 is 4.98 Å². The van der Waals surface area contributed by atoms with Crippen LogP contribution in [0.25, 0.3) is 21.3 Å². The van der Waals surface area contributed by atoms with Gasteiger partial charge in [0, 0.05) is 22.5 Å². The third-order valence-corrected chi connectivity index (χ3v) is 6.92. The monoisotopic (exact) mass is 395 g/mol. The molecular weight excluding hydrogens is 366 g/mol. The third kappa shape index (κ3) is 3.65.